The summed E-state index contributed by atoms with van der Waals surface area (Å²) in [5, 5.41) is 14.1. The fourth-order valence-corrected chi connectivity index (χ4v) is 2.75. The molecule has 2 atom stereocenters. The molecular weight excluding hydrogens is 380 g/mol. The predicted molar refractivity (Wildman–Crippen MR) is 99.1 cm³/mol. The Labute approximate surface area is 157 Å². The van der Waals surface area contributed by atoms with Crippen molar-refractivity contribution in [1.29, 1.82) is 0 Å². The zero-order valence-corrected chi connectivity index (χ0v) is 15.3. The highest BCUT2D eigenvalue weighted by molar-refractivity contribution is 6.42. The standard InChI is InChI=1S/C15H15Cl2N3O.2ClH/c16-10-7-13-14(8-11(10)17)20(9-19-13)6-2-3-12-15(21)4-1-5-18-12;;/h7-9,12,15,18,21H,1,4-6H2;2*1H/t12-,15+;;/m1../s1. The van der Waals surface area contributed by atoms with Crippen molar-refractivity contribution in [2.45, 2.75) is 31.5 Å². The number of benzene rings is 1. The van der Waals surface area contributed by atoms with Crippen LogP contribution in [0, 0.1) is 11.8 Å². The van der Waals surface area contributed by atoms with Gasteiger partial charge in [0.25, 0.3) is 0 Å². The van der Waals surface area contributed by atoms with Crippen molar-refractivity contribution >= 4 is 59.0 Å². The molecule has 0 aliphatic carbocycles. The van der Waals surface area contributed by atoms with Gasteiger partial charge >= 0.3 is 0 Å². The number of nitrogens with one attached hydrogen (secondary N) is 1. The molecular formula is C15H17Cl4N3O. The molecule has 1 aromatic heterocycles. The van der Waals surface area contributed by atoms with E-state index in [1.165, 1.54) is 0 Å². The third kappa shape index (κ3) is 4.67. The quantitative estimate of drug-likeness (QED) is 0.727. The SMILES string of the molecule is Cl.Cl.O[C@H]1CCCN[C@@H]1C#CCn1cnc2cc(Cl)c(Cl)cc21. The minimum Gasteiger partial charge on any atom is -0.390 e. The molecule has 1 fully saturated rings. The van der Waals surface area contributed by atoms with E-state index < -0.39 is 0 Å². The summed E-state index contributed by atoms with van der Waals surface area (Å²) in [5.74, 6) is 6.17. The Morgan fingerprint density at radius 3 is 2.78 bits per heavy atom. The third-order valence-electron chi connectivity index (χ3n) is 3.60. The van der Waals surface area contributed by atoms with Crippen LogP contribution in [0.4, 0.5) is 0 Å². The number of hydrogen-bond acceptors (Lipinski definition) is 3. The van der Waals surface area contributed by atoms with Gasteiger partial charge in [0.2, 0.25) is 0 Å². The van der Waals surface area contributed by atoms with Gasteiger partial charge in [0.05, 0.1) is 46.1 Å². The third-order valence-corrected chi connectivity index (χ3v) is 4.32. The molecule has 0 saturated carbocycles. The summed E-state index contributed by atoms with van der Waals surface area (Å²) in [6.45, 7) is 1.40. The Hall–Kier alpha value is -0.670. The summed E-state index contributed by atoms with van der Waals surface area (Å²) in [7, 11) is 0. The van der Waals surface area contributed by atoms with Crippen molar-refractivity contribution in [3.05, 3.63) is 28.5 Å². The van der Waals surface area contributed by atoms with E-state index in [-0.39, 0.29) is 37.0 Å². The molecule has 2 N–H and O–H groups in total. The van der Waals surface area contributed by atoms with Crippen molar-refractivity contribution in [3.63, 3.8) is 0 Å². The lowest BCUT2D eigenvalue weighted by molar-refractivity contribution is 0.118. The highest BCUT2D eigenvalue weighted by Gasteiger charge is 2.19. The van der Waals surface area contributed by atoms with Crippen LogP contribution in [0.25, 0.3) is 11.0 Å². The molecule has 1 aromatic carbocycles. The first kappa shape index (κ1) is 20.4. The summed E-state index contributed by atoms with van der Waals surface area (Å²) in [6.07, 6.45) is 3.12. The number of piperidine rings is 1. The van der Waals surface area contributed by atoms with Crippen LogP contribution in [0.15, 0.2) is 18.5 Å². The molecule has 0 bridgehead atoms. The van der Waals surface area contributed by atoms with Crippen LogP contribution in [0.2, 0.25) is 10.0 Å². The second-order valence-electron chi connectivity index (χ2n) is 5.09. The highest BCUT2D eigenvalue weighted by atomic mass is 35.5. The zero-order chi connectivity index (χ0) is 14.8. The van der Waals surface area contributed by atoms with E-state index >= 15 is 0 Å². The molecule has 1 aliphatic heterocycles. The fraction of sp³-hybridized carbons (Fsp3) is 0.400. The van der Waals surface area contributed by atoms with Gasteiger partial charge in [-0.3, -0.25) is 0 Å². The average Bonchev–Trinajstić information content (AvgIpc) is 2.84. The van der Waals surface area contributed by atoms with Gasteiger partial charge in [0.15, 0.2) is 0 Å². The van der Waals surface area contributed by atoms with Crippen LogP contribution in [0.3, 0.4) is 0 Å². The summed E-state index contributed by atoms with van der Waals surface area (Å²) in [5.41, 5.74) is 1.69. The predicted octanol–water partition coefficient (Wildman–Crippen LogP) is 3.30. The van der Waals surface area contributed by atoms with Crippen LogP contribution in [-0.2, 0) is 6.54 Å². The van der Waals surface area contributed by atoms with Crippen molar-refractivity contribution < 1.29 is 5.11 Å². The second kappa shape index (κ2) is 8.98. The normalized spacial score (nSPS) is 20.1. The minimum atomic E-state index is -0.390. The number of nitrogens with zero attached hydrogens (tertiary/aromatic N) is 2. The maximum Gasteiger partial charge on any atom is 0.0966 e. The average molecular weight is 397 g/mol. The van der Waals surface area contributed by atoms with Crippen LogP contribution < -0.4 is 5.32 Å². The molecule has 126 valence electrons. The second-order valence-corrected chi connectivity index (χ2v) is 5.90. The first-order chi connectivity index (χ1) is 10.1. The van der Waals surface area contributed by atoms with Crippen LogP contribution in [0.1, 0.15) is 12.8 Å². The molecule has 23 heavy (non-hydrogen) atoms. The van der Waals surface area contributed by atoms with E-state index in [0.29, 0.717) is 16.6 Å². The smallest absolute Gasteiger partial charge is 0.0966 e. The molecule has 2 heterocycles. The Morgan fingerprint density at radius 1 is 1.30 bits per heavy atom. The van der Waals surface area contributed by atoms with Gasteiger partial charge in [-0.1, -0.05) is 35.0 Å². The lowest BCUT2D eigenvalue weighted by atomic mass is 10.0. The molecule has 2 aromatic rings. The van der Waals surface area contributed by atoms with E-state index in [4.69, 9.17) is 23.2 Å². The molecule has 0 unspecified atom stereocenters. The summed E-state index contributed by atoms with van der Waals surface area (Å²) in [6, 6.07) is 3.39. The number of imidazole rings is 1. The molecule has 1 aliphatic rings. The number of fused-ring (bicyclic) bond motifs is 1. The van der Waals surface area contributed by atoms with Gasteiger partial charge in [-0.15, -0.1) is 24.8 Å². The lowest BCUT2D eigenvalue weighted by Crippen LogP contribution is -2.43. The topological polar surface area (TPSA) is 50.1 Å². The summed E-state index contributed by atoms with van der Waals surface area (Å²) >= 11 is 12.0. The molecule has 0 radical (unpaired) electrons. The maximum atomic E-state index is 9.85. The first-order valence-corrected chi connectivity index (χ1v) is 7.60. The van der Waals surface area contributed by atoms with Gasteiger partial charge in [0, 0.05) is 0 Å². The first-order valence-electron chi connectivity index (χ1n) is 6.85. The summed E-state index contributed by atoms with van der Waals surface area (Å²) < 4.78 is 1.92. The van der Waals surface area contributed by atoms with Crippen LogP contribution in [0.5, 0.6) is 0 Å². The number of rotatable bonds is 1. The van der Waals surface area contributed by atoms with E-state index in [2.05, 4.69) is 22.1 Å². The van der Waals surface area contributed by atoms with E-state index in [9.17, 15) is 5.11 Å². The Bertz CT molecular complexity index is 723. The Morgan fingerprint density at radius 2 is 2.04 bits per heavy atom. The maximum absolute atomic E-state index is 9.85. The fourth-order valence-electron chi connectivity index (χ4n) is 2.44. The van der Waals surface area contributed by atoms with Gasteiger partial charge in [-0.25, -0.2) is 4.98 Å². The lowest BCUT2D eigenvalue weighted by Gasteiger charge is -2.24. The number of aliphatic hydroxyl groups is 1. The van der Waals surface area contributed by atoms with Crippen molar-refractivity contribution in [1.82, 2.24) is 14.9 Å². The number of aromatic nitrogens is 2. The van der Waals surface area contributed by atoms with Gasteiger partial charge < -0.3 is 15.0 Å². The summed E-state index contributed by atoms with van der Waals surface area (Å²) in [4.78, 5) is 4.29. The Kier molecular flexibility index (Phi) is 7.96. The molecule has 3 rings (SSSR count). The van der Waals surface area contributed by atoms with Crippen molar-refractivity contribution in [2.75, 3.05) is 6.54 Å². The van der Waals surface area contributed by atoms with E-state index in [1.807, 2.05) is 4.57 Å². The van der Waals surface area contributed by atoms with E-state index in [0.717, 1.165) is 30.4 Å². The molecule has 8 heteroatoms. The van der Waals surface area contributed by atoms with Crippen LogP contribution >= 0.6 is 48.0 Å². The monoisotopic (exact) mass is 395 g/mol. The van der Waals surface area contributed by atoms with Gasteiger partial charge in [0.1, 0.15) is 0 Å². The number of halogens is 4. The molecule has 1 saturated heterocycles. The molecule has 0 spiro atoms. The minimum absolute atomic E-state index is 0. The number of hydrogen-bond donors (Lipinski definition) is 2. The molecule has 4 nitrogen and oxygen atoms in total. The van der Waals surface area contributed by atoms with Gasteiger partial charge in [-0.2, -0.15) is 0 Å². The highest BCUT2D eigenvalue weighted by Crippen LogP contribution is 2.27. The van der Waals surface area contributed by atoms with E-state index in [1.54, 1.807) is 18.5 Å². The number of aliphatic hydroxyl groups excluding tert-OH is 1. The largest absolute Gasteiger partial charge is 0.390 e. The Balaban J connectivity index is 0.00000132. The van der Waals surface area contributed by atoms with Gasteiger partial charge in [-0.05, 0) is 31.5 Å². The van der Waals surface area contributed by atoms with Crippen molar-refractivity contribution in [3.8, 4) is 11.8 Å². The van der Waals surface area contributed by atoms with Crippen molar-refractivity contribution in [2.24, 2.45) is 0 Å². The van der Waals surface area contributed by atoms with Crippen LogP contribution in [-0.4, -0.2) is 33.3 Å². The zero-order valence-electron chi connectivity index (χ0n) is 12.1. The molecule has 0 amide bonds.